The molecule has 0 saturated carbocycles. The molecule has 7 nitrogen and oxygen atoms in total. The standard InChI is InChI=1S/C19H31N3O4S/c1-4-15(2)22(3)12-11-20-19(23)16-7-9-18(10-8-16)27(24,25)21-14-17-6-5-13-26-17/h7-10,15,17,21H,4-6,11-14H2,1-3H3,(H,20,23)/t15-,17+/m1/s1. The topological polar surface area (TPSA) is 87.7 Å². The lowest BCUT2D eigenvalue weighted by molar-refractivity contribution is 0.0947. The van der Waals surface area contributed by atoms with Gasteiger partial charge in [-0.3, -0.25) is 4.79 Å². The number of nitrogens with one attached hydrogen (secondary N) is 2. The number of amides is 1. The molecular weight excluding hydrogens is 366 g/mol. The smallest absolute Gasteiger partial charge is 0.251 e. The van der Waals surface area contributed by atoms with Crippen molar-refractivity contribution in [1.82, 2.24) is 14.9 Å². The van der Waals surface area contributed by atoms with Crippen LogP contribution in [-0.2, 0) is 14.8 Å². The van der Waals surface area contributed by atoms with Gasteiger partial charge in [0.25, 0.3) is 5.91 Å². The van der Waals surface area contributed by atoms with E-state index in [1.54, 1.807) is 0 Å². The van der Waals surface area contributed by atoms with Gasteiger partial charge in [0, 0.05) is 37.8 Å². The molecule has 0 aliphatic carbocycles. The molecule has 0 unspecified atom stereocenters. The number of rotatable bonds is 10. The normalized spacial score (nSPS) is 18.6. The summed E-state index contributed by atoms with van der Waals surface area (Å²) in [7, 11) is -1.57. The van der Waals surface area contributed by atoms with E-state index in [0.717, 1.165) is 25.8 Å². The van der Waals surface area contributed by atoms with E-state index in [1.165, 1.54) is 24.3 Å². The molecular formula is C19H31N3O4S. The summed E-state index contributed by atoms with van der Waals surface area (Å²) in [4.78, 5) is 14.6. The third-order valence-corrected chi connectivity index (χ3v) is 6.48. The van der Waals surface area contributed by atoms with Crippen LogP contribution in [0.25, 0.3) is 0 Å². The first-order chi connectivity index (χ1) is 12.8. The molecule has 1 aromatic carbocycles. The Balaban J connectivity index is 1.85. The van der Waals surface area contributed by atoms with Crippen LogP contribution in [0.3, 0.4) is 0 Å². The highest BCUT2D eigenvalue weighted by molar-refractivity contribution is 7.89. The average molecular weight is 398 g/mol. The molecule has 0 aromatic heterocycles. The summed E-state index contributed by atoms with van der Waals surface area (Å²) in [5.41, 5.74) is 0.444. The molecule has 1 saturated heterocycles. The van der Waals surface area contributed by atoms with E-state index in [4.69, 9.17) is 4.74 Å². The van der Waals surface area contributed by atoms with Crippen LogP contribution in [0.5, 0.6) is 0 Å². The number of benzene rings is 1. The Kier molecular flexibility index (Phi) is 8.22. The molecule has 2 N–H and O–H groups in total. The van der Waals surface area contributed by atoms with Crippen molar-refractivity contribution < 1.29 is 17.9 Å². The number of ether oxygens (including phenoxy) is 1. The van der Waals surface area contributed by atoms with Crippen LogP contribution in [0, 0.1) is 0 Å². The Hall–Kier alpha value is -1.48. The van der Waals surface area contributed by atoms with Crippen LogP contribution < -0.4 is 10.0 Å². The maximum Gasteiger partial charge on any atom is 0.251 e. The van der Waals surface area contributed by atoms with Crippen molar-refractivity contribution in [1.29, 1.82) is 0 Å². The Morgan fingerprint density at radius 3 is 2.63 bits per heavy atom. The van der Waals surface area contributed by atoms with E-state index >= 15 is 0 Å². The number of hydrogen-bond acceptors (Lipinski definition) is 5. The second-order valence-electron chi connectivity index (χ2n) is 7.01. The molecule has 2 rings (SSSR count). The number of hydrogen-bond donors (Lipinski definition) is 2. The third kappa shape index (κ3) is 6.57. The van der Waals surface area contributed by atoms with Crippen LogP contribution >= 0.6 is 0 Å². The highest BCUT2D eigenvalue weighted by Crippen LogP contribution is 2.14. The van der Waals surface area contributed by atoms with E-state index in [-0.39, 0.29) is 23.5 Å². The summed E-state index contributed by atoms with van der Waals surface area (Å²) in [6.45, 7) is 6.54. The van der Waals surface area contributed by atoms with Gasteiger partial charge in [0.15, 0.2) is 0 Å². The molecule has 1 fully saturated rings. The van der Waals surface area contributed by atoms with Crippen molar-refractivity contribution in [3.63, 3.8) is 0 Å². The summed E-state index contributed by atoms with van der Waals surface area (Å²) < 4.78 is 32.7. The van der Waals surface area contributed by atoms with Crippen LogP contribution in [0.15, 0.2) is 29.2 Å². The van der Waals surface area contributed by atoms with Gasteiger partial charge in [-0.15, -0.1) is 0 Å². The Labute approximate surface area is 162 Å². The quantitative estimate of drug-likeness (QED) is 0.626. The minimum atomic E-state index is -3.60. The maximum atomic E-state index is 12.3. The molecule has 1 aliphatic rings. The minimum Gasteiger partial charge on any atom is -0.377 e. The van der Waals surface area contributed by atoms with Gasteiger partial charge in [-0.05, 0) is 57.5 Å². The van der Waals surface area contributed by atoms with Gasteiger partial charge in [-0.25, -0.2) is 13.1 Å². The molecule has 1 heterocycles. The van der Waals surface area contributed by atoms with Crippen LogP contribution in [0.2, 0.25) is 0 Å². The fourth-order valence-electron chi connectivity index (χ4n) is 2.86. The summed E-state index contributed by atoms with van der Waals surface area (Å²) >= 11 is 0. The largest absolute Gasteiger partial charge is 0.377 e. The van der Waals surface area contributed by atoms with Crippen LogP contribution in [0.1, 0.15) is 43.5 Å². The Morgan fingerprint density at radius 1 is 1.33 bits per heavy atom. The first-order valence-electron chi connectivity index (χ1n) is 9.53. The van der Waals surface area contributed by atoms with E-state index in [0.29, 0.717) is 24.8 Å². The zero-order chi connectivity index (χ0) is 19.9. The summed E-state index contributed by atoms with van der Waals surface area (Å²) in [5.74, 6) is -0.205. The average Bonchev–Trinajstić information content (AvgIpc) is 3.19. The summed E-state index contributed by atoms with van der Waals surface area (Å²) in [6, 6.07) is 6.45. The molecule has 152 valence electrons. The molecule has 1 aliphatic heterocycles. The minimum absolute atomic E-state index is 0.0571. The van der Waals surface area contributed by atoms with Gasteiger partial charge in [0.05, 0.1) is 11.0 Å². The number of sulfonamides is 1. The lowest BCUT2D eigenvalue weighted by Crippen LogP contribution is -2.37. The fraction of sp³-hybridized carbons (Fsp3) is 0.632. The highest BCUT2D eigenvalue weighted by Gasteiger charge is 2.20. The van der Waals surface area contributed by atoms with E-state index in [9.17, 15) is 13.2 Å². The van der Waals surface area contributed by atoms with Gasteiger partial charge >= 0.3 is 0 Å². The van der Waals surface area contributed by atoms with Gasteiger partial charge in [0.1, 0.15) is 0 Å². The molecule has 0 radical (unpaired) electrons. The third-order valence-electron chi connectivity index (χ3n) is 5.05. The SMILES string of the molecule is CC[C@@H](C)N(C)CCNC(=O)c1ccc(S(=O)(=O)NC[C@@H]2CCCO2)cc1. The second kappa shape index (κ2) is 10.2. The zero-order valence-corrected chi connectivity index (χ0v) is 17.2. The number of likely N-dealkylation sites (N-methyl/N-ethyl adjacent to an activating group) is 1. The summed E-state index contributed by atoms with van der Waals surface area (Å²) in [5, 5.41) is 2.87. The van der Waals surface area contributed by atoms with E-state index in [2.05, 4.69) is 28.8 Å². The highest BCUT2D eigenvalue weighted by atomic mass is 32.2. The van der Waals surface area contributed by atoms with Gasteiger partial charge in [0.2, 0.25) is 10.0 Å². The number of carbonyl (C=O) groups is 1. The van der Waals surface area contributed by atoms with Gasteiger partial charge in [-0.2, -0.15) is 0 Å². The first kappa shape index (κ1) is 21.8. The van der Waals surface area contributed by atoms with Crippen molar-refractivity contribution in [2.75, 3.05) is 33.3 Å². The molecule has 1 aromatic rings. The van der Waals surface area contributed by atoms with Crippen LogP contribution in [-0.4, -0.2) is 64.7 Å². The molecule has 0 spiro atoms. The Morgan fingerprint density at radius 2 is 2.04 bits per heavy atom. The molecule has 0 bridgehead atoms. The van der Waals surface area contributed by atoms with Crippen LogP contribution in [0.4, 0.5) is 0 Å². The molecule has 2 atom stereocenters. The maximum absolute atomic E-state index is 12.3. The second-order valence-corrected chi connectivity index (χ2v) is 8.77. The van der Waals surface area contributed by atoms with Gasteiger partial charge < -0.3 is 15.0 Å². The van der Waals surface area contributed by atoms with Crippen molar-refractivity contribution in [2.24, 2.45) is 0 Å². The monoisotopic (exact) mass is 397 g/mol. The number of carbonyl (C=O) groups excluding carboxylic acids is 1. The Bertz CT molecular complexity index is 700. The van der Waals surface area contributed by atoms with E-state index in [1.807, 2.05) is 7.05 Å². The molecule has 1 amide bonds. The van der Waals surface area contributed by atoms with Crippen molar-refractivity contribution in [3.8, 4) is 0 Å². The molecule has 27 heavy (non-hydrogen) atoms. The van der Waals surface area contributed by atoms with E-state index < -0.39 is 10.0 Å². The first-order valence-corrected chi connectivity index (χ1v) is 11.0. The van der Waals surface area contributed by atoms with Crippen molar-refractivity contribution >= 4 is 15.9 Å². The summed E-state index contributed by atoms with van der Waals surface area (Å²) in [6.07, 6.45) is 2.83. The fourth-order valence-corrected chi connectivity index (χ4v) is 3.92. The lowest BCUT2D eigenvalue weighted by Gasteiger charge is -2.23. The van der Waals surface area contributed by atoms with Crippen molar-refractivity contribution in [3.05, 3.63) is 29.8 Å². The zero-order valence-electron chi connectivity index (χ0n) is 16.4. The number of nitrogens with zero attached hydrogens (tertiary/aromatic N) is 1. The van der Waals surface area contributed by atoms with Crippen molar-refractivity contribution in [2.45, 2.75) is 50.2 Å². The predicted molar refractivity (Wildman–Crippen MR) is 105 cm³/mol. The van der Waals surface area contributed by atoms with Gasteiger partial charge in [-0.1, -0.05) is 6.92 Å². The lowest BCUT2D eigenvalue weighted by atomic mass is 10.2. The molecule has 8 heteroatoms. The predicted octanol–water partition coefficient (Wildman–Crippen LogP) is 1.60.